The highest BCUT2D eigenvalue weighted by atomic mass is 79.9. The summed E-state index contributed by atoms with van der Waals surface area (Å²) in [6.07, 6.45) is 4.02. The maximum Gasteiger partial charge on any atom is 0.111 e. The minimum Gasteiger partial charge on any atom is -0.0969 e. The highest BCUT2D eigenvalue weighted by Gasteiger charge is 2.71. The first-order chi connectivity index (χ1) is 4.11. The first-order valence-corrected chi connectivity index (χ1v) is 4.77. The Bertz CT molecular complexity index is 177. The van der Waals surface area contributed by atoms with Gasteiger partial charge in [0.05, 0.1) is 0 Å². The Kier molecular flexibility index (Phi) is 1.05. The van der Waals surface area contributed by atoms with E-state index in [0.717, 1.165) is 0 Å². The lowest BCUT2D eigenvalue weighted by Gasteiger charge is -2.26. The normalized spacial score (nSPS) is 34.2. The lowest BCUT2D eigenvalue weighted by atomic mass is 9.81. The van der Waals surface area contributed by atoms with Gasteiger partial charge >= 0.3 is 0 Å². The first kappa shape index (κ1) is 6.41. The van der Waals surface area contributed by atoms with Crippen LogP contribution in [0.1, 0.15) is 19.3 Å². The van der Waals surface area contributed by atoms with Crippen LogP contribution in [0.2, 0.25) is 0 Å². The summed E-state index contributed by atoms with van der Waals surface area (Å²) in [4.78, 5) is 0. The molecule has 0 aromatic carbocycles. The zero-order chi connectivity index (χ0) is 6.70. The monoisotopic (exact) mass is 250 g/mol. The Morgan fingerprint density at radius 1 is 1.33 bits per heavy atom. The van der Waals surface area contributed by atoms with E-state index in [4.69, 9.17) is 0 Å². The van der Waals surface area contributed by atoms with Crippen molar-refractivity contribution < 1.29 is 0 Å². The second-order valence-corrected chi connectivity index (χ2v) is 6.43. The maximum absolute atomic E-state index is 4.00. The Morgan fingerprint density at radius 3 is 1.78 bits per heavy atom. The van der Waals surface area contributed by atoms with Crippen molar-refractivity contribution >= 4 is 31.9 Å². The molecule has 0 aliphatic heterocycles. The Morgan fingerprint density at radius 2 is 1.78 bits per heavy atom. The number of allylic oxidation sites excluding steroid dienone is 1. The van der Waals surface area contributed by atoms with Crippen LogP contribution >= 0.6 is 31.9 Å². The van der Waals surface area contributed by atoms with E-state index < -0.39 is 0 Å². The molecule has 2 fully saturated rings. The van der Waals surface area contributed by atoms with Gasteiger partial charge in [-0.25, -0.2) is 0 Å². The van der Waals surface area contributed by atoms with E-state index in [1.54, 1.807) is 0 Å². The number of rotatable bonds is 0. The van der Waals surface area contributed by atoms with Crippen LogP contribution < -0.4 is 0 Å². The summed E-state index contributed by atoms with van der Waals surface area (Å²) in [5.41, 5.74) is 1.81. The van der Waals surface area contributed by atoms with Crippen LogP contribution in [-0.2, 0) is 0 Å². The van der Waals surface area contributed by atoms with E-state index >= 15 is 0 Å². The molecule has 0 aromatic rings. The molecular weight excluding hydrogens is 244 g/mol. The fourth-order valence-corrected chi connectivity index (χ4v) is 3.48. The molecule has 2 aliphatic carbocycles. The molecule has 0 heterocycles. The van der Waals surface area contributed by atoms with Gasteiger partial charge in [0.1, 0.15) is 3.23 Å². The topological polar surface area (TPSA) is 0 Å². The fourth-order valence-electron chi connectivity index (χ4n) is 1.65. The summed E-state index contributed by atoms with van der Waals surface area (Å²) < 4.78 is 0.130. The standard InChI is InChI=1S/C7H8Br2/c1-5-6(3-2-4-6)7(5,8)9/h1-4H2. The van der Waals surface area contributed by atoms with Crippen LogP contribution in [0.15, 0.2) is 12.2 Å². The van der Waals surface area contributed by atoms with E-state index in [9.17, 15) is 0 Å². The Labute approximate surface area is 72.0 Å². The summed E-state index contributed by atoms with van der Waals surface area (Å²) in [5.74, 6) is 0. The van der Waals surface area contributed by atoms with Gasteiger partial charge in [-0.2, -0.15) is 0 Å². The van der Waals surface area contributed by atoms with Crippen LogP contribution in [0.4, 0.5) is 0 Å². The maximum atomic E-state index is 4.00. The molecule has 0 bridgehead atoms. The molecule has 0 nitrogen and oxygen atoms in total. The summed E-state index contributed by atoms with van der Waals surface area (Å²) in [7, 11) is 0. The van der Waals surface area contributed by atoms with Crippen LogP contribution in [0, 0.1) is 5.41 Å². The summed E-state index contributed by atoms with van der Waals surface area (Å²) in [6, 6.07) is 0. The highest BCUT2D eigenvalue weighted by Crippen LogP contribution is 2.78. The van der Waals surface area contributed by atoms with Gasteiger partial charge in [-0.15, -0.1) is 0 Å². The molecule has 2 rings (SSSR count). The number of alkyl halides is 2. The third-order valence-electron chi connectivity index (χ3n) is 2.70. The molecule has 2 heteroatoms. The number of hydrogen-bond donors (Lipinski definition) is 0. The number of halogens is 2. The van der Waals surface area contributed by atoms with Gasteiger partial charge in [-0.3, -0.25) is 0 Å². The zero-order valence-corrected chi connectivity index (χ0v) is 8.26. The van der Waals surface area contributed by atoms with Crippen molar-refractivity contribution in [3.05, 3.63) is 12.2 Å². The predicted octanol–water partition coefficient (Wildman–Crippen LogP) is 3.21. The summed E-state index contributed by atoms with van der Waals surface area (Å²) in [6.45, 7) is 4.00. The van der Waals surface area contributed by atoms with Crippen molar-refractivity contribution in [3.8, 4) is 0 Å². The highest BCUT2D eigenvalue weighted by molar-refractivity contribution is 9.25. The lowest BCUT2D eigenvalue weighted by molar-refractivity contribution is 0.308. The van der Waals surface area contributed by atoms with Gasteiger partial charge in [0.2, 0.25) is 0 Å². The van der Waals surface area contributed by atoms with Crippen LogP contribution in [0.5, 0.6) is 0 Å². The second kappa shape index (κ2) is 1.48. The molecule has 2 aliphatic rings. The third kappa shape index (κ3) is 0.509. The molecule has 0 unspecified atom stereocenters. The van der Waals surface area contributed by atoms with E-state index in [1.807, 2.05) is 0 Å². The SMILES string of the molecule is C=C1C(Br)(Br)C12CCC2. The van der Waals surface area contributed by atoms with Gasteiger partial charge in [0.25, 0.3) is 0 Å². The summed E-state index contributed by atoms with van der Waals surface area (Å²) in [5, 5.41) is 0. The number of hydrogen-bond acceptors (Lipinski definition) is 0. The van der Waals surface area contributed by atoms with Crippen LogP contribution in [0.3, 0.4) is 0 Å². The van der Waals surface area contributed by atoms with Gasteiger partial charge in [0, 0.05) is 5.41 Å². The average molecular weight is 252 g/mol. The molecule has 0 radical (unpaired) electrons. The molecule has 0 amide bonds. The van der Waals surface area contributed by atoms with E-state index in [-0.39, 0.29) is 3.23 Å². The molecule has 0 N–H and O–H groups in total. The average Bonchev–Trinajstić information content (AvgIpc) is 2.01. The van der Waals surface area contributed by atoms with Crippen molar-refractivity contribution in [3.63, 3.8) is 0 Å². The molecule has 9 heavy (non-hydrogen) atoms. The minimum atomic E-state index is 0.130. The Balaban J connectivity index is 2.29. The molecule has 0 saturated heterocycles. The molecule has 0 atom stereocenters. The quantitative estimate of drug-likeness (QED) is 0.458. The van der Waals surface area contributed by atoms with Crippen molar-refractivity contribution in [1.82, 2.24) is 0 Å². The zero-order valence-electron chi connectivity index (χ0n) is 5.08. The van der Waals surface area contributed by atoms with E-state index in [2.05, 4.69) is 38.4 Å². The third-order valence-corrected chi connectivity index (χ3v) is 5.18. The fraction of sp³-hybridized carbons (Fsp3) is 0.714. The second-order valence-electron chi connectivity index (χ2n) is 2.99. The van der Waals surface area contributed by atoms with Crippen LogP contribution in [0.25, 0.3) is 0 Å². The van der Waals surface area contributed by atoms with Gasteiger partial charge in [0.15, 0.2) is 0 Å². The van der Waals surface area contributed by atoms with Crippen molar-refractivity contribution in [2.75, 3.05) is 0 Å². The molecule has 2 saturated carbocycles. The lowest BCUT2D eigenvalue weighted by Crippen LogP contribution is -2.18. The van der Waals surface area contributed by atoms with Gasteiger partial charge < -0.3 is 0 Å². The minimum absolute atomic E-state index is 0.130. The Hall–Kier alpha value is 0.700. The molecule has 50 valence electrons. The van der Waals surface area contributed by atoms with Crippen LogP contribution in [-0.4, -0.2) is 3.23 Å². The van der Waals surface area contributed by atoms with Gasteiger partial charge in [-0.05, 0) is 18.4 Å². The first-order valence-electron chi connectivity index (χ1n) is 3.19. The molecule has 0 aromatic heterocycles. The molecular formula is C7H8Br2. The van der Waals surface area contributed by atoms with E-state index in [0.29, 0.717) is 5.41 Å². The molecule has 1 spiro atoms. The predicted molar refractivity (Wildman–Crippen MR) is 46.0 cm³/mol. The van der Waals surface area contributed by atoms with Crippen molar-refractivity contribution in [2.24, 2.45) is 5.41 Å². The summed E-state index contributed by atoms with van der Waals surface area (Å²) >= 11 is 7.21. The van der Waals surface area contributed by atoms with E-state index in [1.165, 1.54) is 24.8 Å². The van der Waals surface area contributed by atoms with Crippen molar-refractivity contribution in [1.29, 1.82) is 0 Å². The smallest absolute Gasteiger partial charge is 0.0969 e. The largest absolute Gasteiger partial charge is 0.111 e. The van der Waals surface area contributed by atoms with Crippen molar-refractivity contribution in [2.45, 2.75) is 22.5 Å². The van der Waals surface area contributed by atoms with Gasteiger partial charge in [-0.1, -0.05) is 44.9 Å².